The van der Waals surface area contributed by atoms with Crippen molar-refractivity contribution in [1.82, 2.24) is 19.7 Å². The number of rotatable bonds is 2. The average Bonchev–Trinajstić information content (AvgIpc) is 2.82. The van der Waals surface area contributed by atoms with Crippen LogP contribution in [0.2, 0.25) is 0 Å². The summed E-state index contributed by atoms with van der Waals surface area (Å²) in [6, 6.07) is 4.22. The number of anilines is 1. The zero-order valence-electron chi connectivity index (χ0n) is 9.66. The third-order valence-corrected chi connectivity index (χ3v) is 3.40. The van der Waals surface area contributed by atoms with Crippen LogP contribution in [0.5, 0.6) is 0 Å². The molecule has 0 unspecified atom stereocenters. The molecule has 7 nitrogen and oxygen atoms in total. The molecule has 8 heteroatoms. The average molecular weight is 275 g/mol. The van der Waals surface area contributed by atoms with Crippen molar-refractivity contribution < 1.29 is 0 Å². The summed E-state index contributed by atoms with van der Waals surface area (Å²) in [6.07, 6.45) is 0. The number of nitrogen functional groups attached to an aromatic ring is 1. The van der Waals surface area contributed by atoms with Crippen LogP contribution in [0.1, 0.15) is 5.82 Å². The quantitative estimate of drug-likeness (QED) is 0.693. The van der Waals surface area contributed by atoms with Crippen LogP contribution in [0.4, 0.5) is 5.82 Å². The summed E-state index contributed by atoms with van der Waals surface area (Å²) in [5, 5.41) is 5.08. The van der Waals surface area contributed by atoms with Crippen molar-refractivity contribution in [2.24, 2.45) is 0 Å². The van der Waals surface area contributed by atoms with Crippen LogP contribution in [-0.2, 0) is 6.54 Å². The fraction of sp³-hybridized carbons (Fsp3) is 0.0909. The van der Waals surface area contributed by atoms with Crippen molar-refractivity contribution in [2.75, 3.05) is 5.73 Å². The molecule has 0 saturated heterocycles. The Balaban J connectivity index is 2.08. The highest BCUT2D eigenvalue weighted by molar-refractivity contribution is 7.16. The molecule has 0 aliphatic rings. The summed E-state index contributed by atoms with van der Waals surface area (Å²) in [4.78, 5) is 32.0. The maximum absolute atomic E-state index is 11.6. The molecule has 0 aromatic carbocycles. The fourth-order valence-corrected chi connectivity index (χ4v) is 2.51. The van der Waals surface area contributed by atoms with Gasteiger partial charge in [-0.05, 0) is 11.4 Å². The maximum atomic E-state index is 11.6. The molecular formula is C11H9N5O2S. The molecule has 0 amide bonds. The molecule has 3 N–H and O–H groups in total. The summed E-state index contributed by atoms with van der Waals surface area (Å²) < 4.78 is 1.15. The van der Waals surface area contributed by atoms with E-state index in [1.54, 1.807) is 0 Å². The van der Waals surface area contributed by atoms with E-state index in [0.29, 0.717) is 11.6 Å². The van der Waals surface area contributed by atoms with Gasteiger partial charge in [0.1, 0.15) is 17.2 Å². The molecule has 0 bridgehead atoms. The van der Waals surface area contributed by atoms with Crippen molar-refractivity contribution in [3.8, 4) is 0 Å². The lowest BCUT2D eigenvalue weighted by Crippen LogP contribution is -2.29. The smallest absolute Gasteiger partial charge is 0.265 e. The highest BCUT2D eigenvalue weighted by atomic mass is 32.1. The van der Waals surface area contributed by atoms with Crippen molar-refractivity contribution in [2.45, 2.75) is 6.54 Å². The second-order valence-corrected chi connectivity index (χ2v) is 4.79. The minimum Gasteiger partial charge on any atom is -0.383 e. The van der Waals surface area contributed by atoms with Gasteiger partial charge < -0.3 is 5.73 Å². The van der Waals surface area contributed by atoms with Gasteiger partial charge in [-0.25, -0.2) is 14.6 Å². The monoisotopic (exact) mass is 275 g/mol. The van der Waals surface area contributed by atoms with Crippen molar-refractivity contribution in [3.05, 3.63) is 50.1 Å². The Morgan fingerprint density at radius 2 is 2.11 bits per heavy atom. The first-order chi connectivity index (χ1) is 9.13. The van der Waals surface area contributed by atoms with E-state index in [0.717, 1.165) is 14.9 Å². The Morgan fingerprint density at radius 1 is 1.26 bits per heavy atom. The highest BCUT2D eigenvalue weighted by Crippen LogP contribution is 2.22. The van der Waals surface area contributed by atoms with Gasteiger partial charge in [-0.3, -0.25) is 14.7 Å². The largest absolute Gasteiger partial charge is 0.383 e. The van der Waals surface area contributed by atoms with Crippen LogP contribution >= 0.6 is 11.3 Å². The first-order valence-electron chi connectivity index (χ1n) is 5.43. The number of H-pyrrole nitrogens is 1. The minimum atomic E-state index is -0.357. The maximum Gasteiger partial charge on any atom is 0.265 e. The Bertz CT molecular complexity index is 863. The van der Waals surface area contributed by atoms with Gasteiger partial charge in [-0.2, -0.15) is 0 Å². The Kier molecular flexibility index (Phi) is 2.64. The molecule has 96 valence electrons. The van der Waals surface area contributed by atoms with E-state index in [-0.39, 0.29) is 17.7 Å². The van der Waals surface area contributed by atoms with E-state index in [2.05, 4.69) is 15.1 Å². The second kappa shape index (κ2) is 4.32. The lowest BCUT2D eigenvalue weighted by atomic mass is 10.4. The van der Waals surface area contributed by atoms with Crippen molar-refractivity contribution >= 4 is 27.4 Å². The van der Waals surface area contributed by atoms with E-state index in [1.807, 2.05) is 11.4 Å². The molecule has 3 aromatic rings. The van der Waals surface area contributed by atoms with Crippen LogP contribution < -0.4 is 16.9 Å². The summed E-state index contributed by atoms with van der Waals surface area (Å²) >= 11 is 1.44. The Labute approximate surface area is 110 Å². The van der Waals surface area contributed by atoms with Gasteiger partial charge in [0.25, 0.3) is 11.1 Å². The van der Waals surface area contributed by atoms with E-state index < -0.39 is 0 Å². The third kappa shape index (κ3) is 2.13. The van der Waals surface area contributed by atoms with Gasteiger partial charge in [0.15, 0.2) is 5.82 Å². The molecule has 0 aliphatic heterocycles. The molecule has 0 saturated carbocycles. The molecule has 0 spiro atoms. The van der Waals surface area contributed by atoms with Crippen LogP contribution in [0, 0.1) is 0 Å². The van der Waals surface area contributed by atoms with Gasteiger partial charge in [0, 0.05) is 12.1 Å². The number of fused-ring (bicyclic) bond motifs is 1. The summed E-state index contributed by atoms with van der Waals surface area (Å²) in [6.45, 7) is 0.0763. The minimum absolute atomic E-state index is 0.0763. The topological polar surface area (TPSA) is 107 Å². The van der Waals surface area contributed by atoms with Gasteiger partial charge >= 0.3 is 0 Å². The summed E-state index contributed by atoms with van der Waals surface area (Å²) in [5.41, 5.74) is 5.14. The van der Waals surface area contributed by atoms with Crippen LogP contribution in [0.25, 0.3) is 10.2 Å². The molecule has 0 aliphatic carbocycles. The van der Waals surface area contributed by atoms with E-state index in [1.165, 1.54) is 23.5 Å². The summed E-state index contributed by atoms with van der Waals surface area (Å²) in [7, 11) is 0. The molecule has 3 aromatic heterocycles. The number of aromatic nitrogens is 4. The number of nitrogens with one attached hydrogen (secondary N) is 1. The molecular weight excluding hydrogens is 266 g/mol. The van der Waals surface area contributed by atoms with Crippen LogP contribution in [-0.4, -0.2) is 19.7 Å². The standard InChI is InChI=1S/C11H9N5O2S/c12-10-6-3-4-19-11(6)14-7(13-10)5-16-9(18)2-1-8(17)15-16/h1-4H,5H2,(H,15,17)(H2,12,13,14). The zero-order chi connectivity index (χ0) is 13.4. The lowest BCUT2D eigenvalue weighted by molar-refractivity contribution is 0.607. The number of hydrogen-bond acceptors (Lipinski definition) is 6. The fourth-order valence-electron chi connectivity index (χ4n) is 1.72. The number of nitrogens with zero attached hydrogens (tertiary/aromatic N) is 3. The molecule has 3 rings (SSSR count). The molecule has 0 atom stereocenters. The number of hydrogen-bond donors (Lipinski definition) is 2. The SMILES string of the molecule is Nc1nc(Cn2[nH]c(=O)ccc2=O)nc2sccc12. The third-order valence-electron chi connectivity index (χ3n) is 2.59. The number of nitrogens with two attached hydrogens (primary N) is 1. The van der Waals surface area contributed by atoms with Gasteiger partial charge in [-0.15, -0.1) is 11.3 Å². The summed E-state index contributed by atoms with van der Waals surface area (Å²) in [5.74, 6) is 0.754. The van der Waals surface area contributed by atoms with E-state index in [4.69, 9.17) is 5.73 Å². The molecule has 19 heavy (non-hydrogen) atoms. The number of thiophene rings is 1. The molecule has 3 heterocycles. The van der Waals surface area contributed by atoms with E-state index >= 15 is 0 Å². The van der Waals surface area contributed by atoms with Gasteiger partial charge in [0.05, 0.1) is 5.39 Å². The van der Waals surface area contributed by atoms with Gasteiger partial charge in [0.2, 0.25) is 0 Å². The van der Waals surface area contributed by atoms with Gasteiger partial charge in [-0.1, -0.05) is 0 Å². The molecule has 0 fully saturated rings. The Morgan fingerprint density at radius 3 is 2.95 bits per heavy atom. The first kappa shape index (κ1) is 11.6. The van der Waals surface area contributed by atoms with Crippen LogP contribution in [0.3, 0.4) is 0 Å². The first-order valence-corrected chi connectivity index (χ1v) is 6.31. The predicted octanol–water partition coefficient (Wildman–Crippen LogP) is 0.172. The van der Waals surface area contributed by atoms with E-state index in [9.17, 15) is 9.59 Å². The lowest BCUT2D eigenvalue weighted by Gasteiger charge is -2.04. The predicted molar refractivity (Wildman–Crippen MR) is 72.3 cm³/mol. The zero-order valence-corrected chi connectivity index (χ0v) is 10.5. The molecule has 0 radical (unpaired) electrons. The number of aromatic amines is 1. The van der Waals surface area contributed by atoms with Crippen molar-refractivity contribution in [1.29, 1.82) is 0 Å². The van der Waals surface area contributed by atoms with Crippen LogP contribution in [0.15, 0.2) is 33.2 Å². The second-order valence-electron chi connectivity index (χ2n) is 3.90. The normalized spacial score (nSPS) is 10.9. The van der Waals surface area contributed by atoms with Crippen molar-refractivity contribution in [3.63, 3.8) is 0 Å². The Hall–Kier alpha value is -2.48. The highest BCUT2D eigenvalue weighted by Gasteiger charge is 2.07.